The molecule has 1 aromatic heterocycles. The summed E-state index contributed by atoms with van der Waals surface area (Å²) in [5, 5.41) is 14.5. The number of aromatic nitrogens is 1. The maximum Gasteiger partial charge on any atom is 0.243 e. The smallest absolute Gasteiger partial charge is 0.243 e. The fourth-order valence-electron chi connectivity index (χ4n) is 5.15. The highest BCUT2D eigenvalue weighted by Crippen LogP contribution is 2.37. The van der Waals surface area contributed by atoms with Gasteiger partial charge in [0.25, 0.3) is 0 Å². The van der Waals surface area contributed by atoms with Crippen molar-refractivity contribution in [1.82, 2.24) is 14.6 Å². The van der Waals surface area contributed by atoms with Gasteiger partial charge in [-0.05, 0) is 61.7 Å². The molecule has 0 aliphatic carbocycles. The van der Waals surface area contributed by atoms with Crippen molar-refractivity contribution in [1.29, 1.82) is 0 Å². The van der Waals surface area contributed by atoms with E-state index in [1.165, 1.54) is 16.4 Å². The minimum absolute atomic E-state index is 0.0142. The van der Waals surface area contributed by atoms with Crippen molar-refractivity contribution in [3.8, 4) is 5.75 Å². The van der Waals surface area contributed by atoms with E-state index in [2.05, 4.69) is 10.3 Å². The van der Waals surface area contributed by atoms with Crippen LogP contribution in [0.15, 0.2) is 64.5 Å². The summed E-state index contributed by atoms with van der Waals surface area (Å²) in [6.45, 7) is 1.58. The van der Waals surface area contributed by atoms with Crippen LogP contribution >= 0.6 is 0 Å². The highest BCUT2D eigenvalue weighted by atomic mass is 32.2. The summed E-state index contributed by atoms with van der Waals surface area (Å²) in [6, 6.07) is 13.2. The summed E-state index contributed by atoms with van der Waals surface area (Å²) in [4.78, 5) is 3.54. The third-order valence-electron chi connectivity index (χ3n) is 7.32. The molecule has 3 heterocycles. The molecule has 0 saturated carbocycles. The van der Waals surface area contributed by atoms with Crippen LogP contribution in [-0.2, 0) is 24.6 Å². The van der Waals surface area contributed by atoms with Crippen LogP contribution in [0.2, 0.25) is 0 Å². The number of nitrogens with zero attached hydrogens (tertiary/aromatic N) is 1. The first-order valence-corrected chi connectivity index (χ1v) is 15.9. The molecule has 2 saturated heterocycles. The van der Waals surface area contributed by atoms with E-state index in [1.54, 1.807) is 36.5 Å². The van der Waals surface area contributed by atoms with Gasteiger partial charge in [-0.1, -0.05) is 6.07 Å². The van der Waals surface area contributed by atoms with Crippen LogP contribution in [0.4, 0.5) is 0 Å². The van der Waals surface area contributed by atoms with E-state index in [-0.39, 0.29) is 29.7 Å². The molecule has 2 aromatic carbocycles. The standard InChI is InChI=1S/C26H33N3O7S2/c1-37(31,32)23-4-2-3-22(14-23)35-18-21(30)16-28-20-15-26(36-17-20)8-11-29(12-9-26)38(33,34)24-5-6-25-19(13-24)7-10-27-25/h2-7,10,13-14,20-21,27-28,30H,8-9,11-12,15-18H2,1H3. The molecular weight excluding hydrogens is 530 g/mol. The number of nitrogens with one attached hydrogen (secondary N) is 2. The van der Waals surface area contributed by atoms with Crippen molar-refractivity contribution in [2.24, 2.45) is 0 Å². The van der Waals surface area contributed by atoms with Gasteiger partial charge in [-0.25, -0.2) is 16.8 Å². The molecule has 206 valence electrons. The SMILES string of the molecule is CS(=O)(=O)c1cccc(OCC(O)CNC2COC3(CCN(S(=O)(=O)c4ccc5[nH]ccc5c4)CC3)C2)c1. The number of sulfone groups is 1. The van der Waals surface area contributed by atoms with Gasteiger partial charge in [0.05, 0.1) is 22.0 Å². The number of aliphatic hydroxyl groups excluding tert-OH is 1. The predicted molar refractivity (Wildman–Crippen MR) is 142 cm³/mol. The van der Waals surface area contributed by atoms with Crippen LogP contribution in [0.1, 0.15) is 19.3 Å². The van der Waals surface area contributed by atoms with E-state index < -0.39 is 26.0 Å². The number of fused-ring (bicyclic) bond motifs is 1. The van der Waals surface area contributed by atoms with Crippen LogP contribution in [0.25, 0.3) is 10.9 Å². The van der Waals surface area contributed by atoms with Crippen molar-refractivity contribution in [2.45, 2.75) is 46.8 Å². The summed E-state index contributed by atoms with van der Waals surface area (Å²) < 4.78 is 63.1. The van der Waals surface area contributed by atoms with E-state index in [0.717, 1.165) is 23.6 Å². The third-order valence-corrected chi connectivity index (χ3v) is 10.3. The molecule has 3 N–H and O–H groups in total. The Labute approximate surface area is 222 Å². The first kappa shape index (κ1) is 27.1. The molecule has 0 bridgehead atoms. The Hall–Kier alpha value is -2.48. The number of aromatic amines is 1. The number of sulfonamides is 1. The molecule has 10 nitrogen and oxygen atoms in total. The molecule has 12 heteroatoms. The second-order valence-electron chi connectivity index (χ2n) is 10.1. The molecule has 1 spiro atoms. The molecule has 2 unspecified atom stereocenters. The Morgan fingerprint density at radius 1 is 1.13 bits per heavy atom. The second-order valence-corrected chi connectivity index (χ2v) is 14.1. The molecule has 2 fully saturated rings. The van der Waals surface area contributed by atoms with E-state index in [9.17, 15) is 21.9 Å². The van der Waals surface area contributed by atoms with E-state index in [4.69, 9.17) is 9.47 Å². The van der Waals surface area contributed by atoms with Gasteiger partial charge >= 0.3 is 0 Å². The van der Waals surface area contributed by atoms with Gasteiger partial charge in [0.15, 0.2) is 9.84 Å². The monoisotopic (exact) mass is 563 g/mol. The largest absolute Gasteiger partial charge is 0.491 e. The predicted octanol–water partition coefficient (Wildman–Crippen LogP) is 1.91. The van der Waals surface area contributed by atoms with Crippen molar-refractivity contribution in [3.63, 3.8) is 0 Å². The molecule has 2 atom stereocenters. The fourth-order valence-corrected chi connectivity index (χ4v) is 7.28. The lowest BCUT2D eigenvalue weighted by Crippen LogP contribution is -2.47. The summed E-state index contributed by atoms with van der Waals surface area (Å²) >= 11 is 0. The van der Waals surface area contributed by atoms with Gasteiger partial charge in [-0.3, -0.25) is 0 Å². The average Bonchev–Trinajstić information content (AvgIpc) is 3.53. The molecule has 38 heavy (non-hydrogen) atoms. The molecule has 2 aliphatic heterocycles. The summed E-state index contributed by atoms with van der Waals surface area (Å²) in [5.41, 5.74) is 0.527. The number of ether oxygens (including phenoxy) is 2. The average molecular weight is 564 g/mol. The highest BCUT2D eigenvalue weighted by Gasteiger charge is 2.44. The van der Waals surface area contributed by atoms with Crippen LogP contribution in [0.3, 0.4) is 0 Å². The van der Waals surface area contributed by atoms with Crippen molar-refractivity contribution < 1.29 is 31.4 Å². The van der Waals surface area contributed by atoms with Gasteiger partial charge in [0.1, 0.15) is 18.5 Å². The topological polar surface area (TPSA) is 138 Å². The molecular formula is C26H33N3O7S2. The van der Waals surface area contributed by atoms with Gasteiger partial charge in [-0.2, -0.15) is 4.31 Å². The first-order valence-electron chi connectivity index (χ1n) is 12.6. The number of hydrogen-bond acceptors (Lipinski definition) is 8. The van der Waals surface area contributed by atoms with E-state index >= 15 is 0 Å². The van der Waals surface area contributed by atoms with Crippen molar-refractivity contribution in [2.75, 3.05) is 39.1 Å². The zero-order valence-electron chi connectivity index (χ0n) is 21.2. The first-order chi connectivity index (χ1) is 18.0. The normalized spacial score (nSPS) is 21.2. The molecule has 0 amide bonds. The number of aliphatic hydroxyl groups is 1. The van der Waals surface area contributed by atoms with E-state index in [1.807, 2.05) is 6.07 Å². The fraction of sp³-hybridized carbons (Fsp3) is 0.462. The Morgan fingerprint density at radius 2 is 1.92 bits per heavy atom. The van der Waals surface area contributed by atoms with E-state index in [0.29, 0.717) is 43.2 Å². The molecule has 0 radical (unpaired) electrons. The minimum Gasteiger partial charge on any atom is -0.491 e. The number of piperidine rings is 1. The summed E-state index contributed by atoms with van der Waals surface area (Å²) in [6.07, 6.45) is 4.09. The second kappa shape index (κ2) is 10.6. The maximum atomic E-state index is 13.2. The summed E-state index contributed by atoms with van der Waals surface area (Å²) in [7, 11) is -6.92. The Balaban J connectivity index is 1.09. The zero-order valence-corrected chi connectivity index (χ0v) is 22.8. The van der Waals surface area contributed by atoms with Crippen LogP contribution in [0.5, 0.6) is 5.75 Å². The third kappa shape index (κ3) is 5.90. The van der Waals surface area contributed by atoms with Crippen LogP contribution in [-0.4, -0.2) is 88.1 Å². The van der Waals surface area contributed by atoms with Gasteiger partial charge in [-0.15, -0.1) is 0 Å². The van der Waals surface area contributed by atoms with Gasteiger partial charge in [0, 0.05) is 49.0 Å². The molecule has 5 rings (SSSR count). The number of H-pyrrole nitrogens is 1. The summed E-state index contributed by atoms with van der Waals surface area (Å²) in [5.74, 6) is 0.379. The maximum absolute atomic E-state index is 13.2. The number of rotatable bonds is 9. The number of benzene rings is 2. The van der Waals surface area contributed by atoms with Gasteiger partial charge in [0.2, 0.25) is 10.0 Å². The highest BCUT2D eigenvalue weighted by molar-refractivity contribution is 7.90. The van der Waals surface area contributed by atoms with Crippen LogP contribution in [0, 0.1) is 0 Å². The van der Waals surface area contributed by atoms with Crippen molar-refractivity contribution in [3.05, 3.63) is 54.7 Å². The number of hydrogen-bond donors (Lipinski definition) is 3. The van der Waals surface area contributed by atoms with Crippen molar-refractivity contribution >= 4 is 30.8 Å². The quantitative estimate of drug-likeness (QED) is 0.359. The van der Waals surface area contributed by atoms with Gasteiger partial charge < -0.3 is 24.9 Å². The zero-order chi connectivity index (χ0) is 27.0. The lowest BCUT2D eigenvalue weighted by atomic mass is 9.88. The Morgan fingerprint density at radius 3 is 2.68 bits per heavy atom. The lowest BCUT2D eigenvalue weighted by Gasteiger charge is -2.38. The van der Waals surface area contributed by atoms with Crippen LogP contribution < -0.4 is 10.1 Å². The minimum atomic E-state index is -3.58. The molecule has 2 aliphatic rings. The lowest BCUT2D eigenvalue weighted by molar-refractivity contribution is -0.0312. The molecule has 3 aromatic rings. The Kier molecular flexibility index (Phi) is 7.55. The Bertz CT molecular complexity index is 1500.